The minimum absolute atomic E-state index is 0.145. The SMILES string of the molecule is COC(=O)C1CCCN(C(=O)c2cncc(N)c2)C1. The maximum Gasteiger partial charge on any atom is 0.310 e. The second kappa shape index (κ2) is 5.69. The summed E-state index contributed by atoms with van der Waals surface area (Å²) in [6, 6.07) is 1.59. The lowest BCUT2D eigenvalue weighted by Gasteiger charge is -2.31. The number of carbonyl (C=O) groups is 2. The molecule has 1 aromatic heterocycles. The van der Waals surface area contributed by atoms with Gasteiger partial charge in [0.1, 0.15) is 0 Å². The zero-order valence-corrected chi connectivity index (χ0v) is 10.8. The van der Waals surface area contributed by atoms with Crippen LogP contribution < -0.4 is 5.73 Å². The van der Waals surface area contributed by atoms with Gasteiger partial charge in [-0.15, -0.1) is 0 Å². The van der Waals surface area contributed by atoms with Crippen molar-refractivity contribution in [1.29, 1.82) is 0 Å². The summed E-state index contributed by atoms with van der Waals surface area (Å²) in [5.41, 5.74) is 6.52. The number of likely N-dealkylation sites (tertiary alicyclic amines) is 1. The molecule has 19 heavy (non-hydrogen) atoms. The average molecular weight is 263 g/mol. The third-order valence-corrected chi connectivity index (χ3v) is 3.25. The Hall–Kier alpha value is -2.11. The number of ether oxygens (including phenoxy) is 1. The molecule has 2 rings (SSSR count). The van der Waals surface area contributed by atoms with Crippen molar-refractivity contribution in [3.05, 3.63) is 24.0 Å². The van der Waals surface area contributed by atoms with Gasteiger partial charge < -0.3 is 15.4 Å². The van der Waals surface area contributed by atoms with Gasteiger partial charge in [-0.05, 0) is 18.9 Å². The van der Waals surface area contributed by atoms with Crippen LogP contribution in [0.5, 0.6) is 0 Å². The van der Waals surface area contributed by atoms with Gasteiger partial charge in [-0.2, -0.15) is 0 Å². The summed E-state index contributed by atoms with van der Waals surface area (Å²) < 4.78 is 4.73. The number of hydrogen-bond acceptors (Lipinski definition) is 5. The number of methoxy groups -OCH3 is 1. The van der Waals surface area contributed by atoms with E-state index in [-0.39, 0.29) is 17.8 Å². The zero-order chi connectivity index (χ0) is 13.8. The topological polar surface area (TPSA) is 85.5 Å². The van der Waals surface area contributed by atoms with Gasteiger partial charge in [0, 0.05) is 25.5 Å². The number of carbonyl (C=O) groups excluding carboxylic acids is 2. The van der Waals surface area contributed by atoms with Crippen LogP contribution in [0.25, 0.3) is 0 Å². The molecule has 0 saturated carbocycles. The monoisotopic (exact) mass is 263 g/mol. The summed E-state index contributed by atoms with van der Waals surface area (Å²) in [6.45, 7) is 1.03. The molecule has 1 aliphatic heterocycles. The van der Waals surface area contributed by atoms with Gasteiger partial charge >= 0.3 is 5.97 Å². The molecular weight excluding hydrogens is 246 g/mol. The molecule has 2 heterocycles. The van der Waals surface area contributed by atoms with Crippen LogP contribution in [0.3, 0.4) is 0 Å². The Bertz CT molecular complexity index is 490. The van der Waals surface area contributed by atoms with E-state index in [4.69, 9.17) is 10.5 Å². The highest BCUT2D eigenvalue weighted by Gasteiger charge is 2.29. The molecule has 6 heteroatoms. The van der Waals surface area contributed by atoms with Crippen LogP contribution in [-0.2, 0) is 9.53 Å². The highest BCUT2D eigenvalue weighted by Crippen LogP contribution is 2.20. The molecule has 1 aliphatic rings. The molecule has 0 aliphatic carbocycles. The van der Waals surface area contributed by atoms with Crippen molar-refractivity contribution in [3.8, 4) is 0 Å². The standard InChI is InChI=1S/C13H17N3O3/c1-19-13(18)9-3-2-4-16(8-9)12(17)10-5-11(14)7-15-6-10/h5-7,9H,2-4,8,14H2,1H3. The van der Waals surface area contributed by atoms with E-state index in [9.17, 15) is 9.59 Å². The highest BCUT2D eigenvalue weighted by atomic mass is 16.5. The molecule has 0 spiro atoms. The first-order valence-corrected chi connectivity index (χ1v) is 6.19. The minimum Gasteiger partial charge on any atom is -0.469 e. The van der Waals surface area contributed by atoms with E-state index in [1.165, 1.54) is 19.5 Å². The van der Waals surface area contributed by atoms with Crippen LogP contribution in [0.1, 0.15) is 23.2 Å². The van der Waals surface area contributed by atoms with Crippen molar-refractivity contribution < 1.29 is 14.3 Å². The molecule has 102 valence electrons. The van der Waals surface area contributed by atoms with E-state index in [1.54, 1.807) is 11.0 Å². The van der Waals surface area contributed by atoms with Crippen LogP contribution >= 0.6 is 0 Å². The summed E-state index contributed by atoms with van der Waals surface area (Å²) in [7, 11) is 1.37. The van der Waals surface area contributed by atoms with E-state index >= 15 is 0 Å². The van der Waals surface area contributed by atoms with E-state index in [0.29, 0.717) is 24.3 Å². The summed E-state index contributed by atoms with van der Waals surface area (Å²) in [6.07, 6.45) is 4.53. The van der Waals surface area contributed by atoms with Crippen molar-refractivity contribution in [2.45, 2.75) is 12.8 Å². The number of rotatable bonds is 2. The molecule has 6 nitrogen and oxygen atoms in total. The molecule has 1 atom stereocenters. The maximum absolute atomic E-state index is 12.3. The molecule has 1 unspecified atom stereocenters. The Labute approximate surface area is 111 Å². The Morgan fingerprint density at radius 2 is 2.26 bits per heavy atom. The van der Waals surface area contributed by atoms with Crippen molar-refractivity contribution >= 4 is 17.6 Å². The number of anilines is 1. The number of piperidine rings is 1. The van der Waals surface area contributed by atoms with Crippen LogP contribution in [-0.4, -0.2) is 42.0 Å². The van der Waals surface area contributed by atoms with E-state index in [0.717, 1.165) is 12.8 Å². The van der Waals surface area contributed by atoms with Gasteiger partial charge in [0.2, 0.25) is 0 Å². The molecule has 2 N–H and O–H groups in total. The summed E-state index contributed by atoms with van der Waals surface area (Å²) >= 11 is 0. The first-order chi connectivity index (χ1) is 9.11. The normalized spacial score (nSPS) is 19.0. The molecule has 1 saturated heterocycles. The minimum atomic E-state index is -0.261. The predicted octanol–water partition coefficient (Wildman–Crippen LogP) is 0.689. The molecule has 1 amide bonds. The van der Waals surface area contributed by atoms with Crippen molar-refractivity contribution in [1.82, 2.24) is 9.88 Å². The van der Waals surface area contributed by atoms with Crippen LogP contribution in [0.2, 0.25) is 0 Å². The Kier molecular flexibility index (Phi) is 3.99. The first-order valence-electron chi connectivity index (χ1n) is 6.19. The van der Waals surface area contributed by atoms with Crippen LogP contribution in [0, 0.1) is 5.92 Å². The van der Waals surface area contributed by atoms with E-state index in [2.05, 4.69) is 4.98 Å². The first kappa shape index (κ1) is 13.3. The summed E-state index contributed by atoms with van der Waals surface area (Å²) in [4.78, 5) is 29.4. The van der Waals surface area contributed by atoms with Crippen molar-refractivity contribution in [2.75, 3.05) is 25.9 Å². The summed E-state index contributed by atoms with van der Waals surface area (Å²) in [5.74, 6) is -0.645. The van der Waals surface area contributed by atoms with E-state index in [1.807, 2.05) is 0 Å². The van der Waals surface area contributed by atoms with Gasteiger partial charge in [0.15, 0.2) is 0 Å². The van der Waals surface area contributed by atoms with Crippen LogP contribution in [0.15, 0.2) is 18.5 Å². The lowest BCUT2D eigenvalue weighted by Crippen LogP contribution is -2.42. The summed E-state index contributed by atoms with van der Waals surface area (Å²) in [5, 5.41) is 0. The average Bonchev–Trinajstić information content (AvgIpc) is 2.45. The third kappa shape index (κ3) is 3.01. The molecule has 1 aromatic rings. The second-order valence-electron chi connectivity index (χ2n) is 4.62. The molecule has 1 fully saturated rings. The number of aromatic nitrogens is 1. The number of nitrogens with zero attached hydrogens (tertiary/aromatic N) is 2. The number of amides is 1. The third-order valence-electron chi connectivity index (χ3n) is 3.25. The van der Waals surface area contributed by atoms with Gasteiger partial charge in [-0.3, -0.25) is 14.6 Å². The molecule has 0 bridgehead atoms. The van der Waals surface area contributed by atoms with Gasteiger partial charge in [-0.1, -0.05) is 0 Å². The van der Waals surface area contributed by atoms with Crippen LogP contribution in [0.4, 0.5) is 5.69 Å². The maximum atomic E-state index is 12.3. The lowest BCUT2D eigenvalue weighted by molar-refractivity contribution is -0.146. The fourth-order valence-corrected chi connectivity index (χ4v) is 2.28. The van der Waals surface area contributed by atoms with Crippen molar-refractivity contribution in [3.63, 3.8) is 0 Å². The lowest BCUT2D eigenvalue weighted by atomic mass is 9.97. The quantitative estimate of drug-likeness (QED) is 0.793. The smallest absolute Gasteiger partial charge is 0.310 e. The van der Waals surface area contributed by atoms with Gasteiger partial charge in [0.25, 0.3) is 5.91 Å². The Morgan fingerprint density at radius 1 is 1.47 bits per heavy atom. The number of nitrogens with two attached hydrogens (primary N) is 1. The van der Waals surface area contributed by atoms with Crippen molar-refractivity contribution in [2.24, 2.45) is 5.92 Å². The largest absolute Gasteiger partial charge is 0.469 e. The highest BCUT2D eigenvalue weighted by molar-refractivity contribution is 5.95. The predicted molar refractivity (Wildman–Crippen MR) is 69.3 cm³/mol. The second-order valence-corrected chi connectivity index (χ2v) is 4.62. The fraction of sp³-hybridized carbons (Fsp3) is 0.462. The molecular formula is C13H17N3O3. The molecule has 0 radical (unpaired) electrons. The Balaban J connectivity index is 2.09. The van der Waals surface area contributed by atoms with Gasteiger partial charge in [-0.25, -0.2) is 0 Å². The Morgan fingerprint density at radius 3 is 2.95 bits per heavy atom. The van der Waals surface area contributed by atoms with E-state index < -0.39 is 0 Å². The number of nitrogen functional groups attached to an aromatic ring is 1. The number of pyridine rings is 1. The fourth-order valence-electron chi connectivity index (χ4n) is 2.28. The number of esters is 1. The number of hydrogen-bond donors (Lipinski definition) is 1. The molecule has 0 aromatic carbocycles. The zero-order valence-electron chi connectivity index (χ0n) is 10.8. The van der Waals surface area contributed by atoms with Gasteiger partial charge in [0.05, 0.1) is 24.3 Å².